The average Bonchev–Trinajstić information content (AvgIpc) is 3.13. The number of nitrogens with one attached hydrogen (secondary N) is 1. The fraction of sp³-hybridized carbons (Fsp3) is 0.227. The van der Waals surface area contributed by atoms with Crippen LogP contribution in [-0.2, 0) is 11.8 Å². The van der Waals surface area contributed by atoms with Crippen molar-refractivity contribution in [3.63, 3.8) is 0 Å². The van der Waals surface area contributed by atoms with Crippen LogP contribution in [-0.4, -0.2) is 27.9 Å². The molecule has 6 nitrogen and oxygen atoms in total. The molecule has 148 valence electrons. The van der Waals surface area contributed by atoms with Crippen molar-refractivity contribution in [2.24, 2.45) is 7.05 Å². The molecule has 0 radical (unpaired) electrons. The summed E-state index contributed by atoms with van der Waals surface area (Å²) in [5.74, 6) is -0.675. The number of aryl methyl sites for hydroxylation is 1. The van der Waals surface area contributed by atoms with Gasteiger partial charge in [-0.1, -0.05) is 29.8 Å². The third-order valence-corrected chi connectivity index (χ3v) is 5.35. The Morgan fingerprint density at radius 3 is 2.66 bits per heavy atom. The van der Waals surface area contributed by atoms with E-state index < -0.39 is 11.9 Å². The van der Waals surface area contributed by atoms with Crippen molar-refractivity contribution in [2.45, 2.75) is 18.9 Å². The summed E-state index contributed by atoms with van der Waals surface area (Å²) < 4.78 is 6.99. The van der Waals surface area contributed by atoms with Gasteiger partial charge in [-0.25, -0.2) is 9.78 Å². The van der Waals surface area contributed by atoms with Crippen LogP contribution >= 0.6 is 11.6 Å². The highest BCUT2D eigenvalue weighted by Crippen LogP contribution is 2.43. The number of Topliss-reactive ketones (excluding diaryl/α,β-unsaturated/α-hetero) is 1. The molecule has 2 atom stereocenters. The van der Waals surface area contributed by atoms with Crippen LogP contribution in [0.25, 0.3) is 0 Å². The number of halogens is 1. The molecular formula is C22H20ClN3O3. The van der Waals surface area contributed by atoms with Gasteiger partial charge in [0.1, 0.15) is 11.7 Å². The maximum atomic E-state index is 13.7. The highest BCUT2D eigenvalue weighted by Gasteiger charge is 2.41. The van der Waals surface area contributed by atoms with E-state index in [1.807, 2.05) is 23.7 Å². The molecule has 1 aromatic heterocycles. The first kappa shape index (κ1) is 19.2. The quantitative estimate of drug-likeness (QED) is 0.647. The van der Waals surface area contributed by atoms with Crippen molar-refractivity contribution in [1.82, 2.24) is 9.55 Å². The van der Waals surface area contributed by atoms with Crippen molar-refractivity contribution >= 4 is 29.0 Å². The smallest absolute Gasteiger partial charge is 0.338 e. The van der Waals surface area contributed by atoms with Crippen molar-refractivity contribution in [3.05, 3.63) is 82.4 Å². The fourth-order valence-electron chi connectivity index (χ4n) is 3.76. The molecule has 0 saturated carbocycles. The lowest BCUT2D eigenvalue weighted by atomic mass is 9.80. The molecule has 0 spiro atoms. The molecule has 0 aliphatic carbocycles. The van der Waals surface area contributed by atoms with Crippen LogP contribution in [0.5, 0.6) is 0 Å². The lowest BCUT2D eigenvalue weighted by Gasteiger charge is -2.34. The predicted molar refractivity (Wildman–Crippen MR) is 110 cm³/mol. The summed E-state index contributed by atoms with van der Waals surface area (Å²) in [6.07, 6.45) is 3.46. The topological polar surface area (TPSA) is 73.2 Å². The minimum atomic E-state index is -0.612. The van der Waals surface area contributed by atoms with Crippen molar-refractivity contribution < 1.29 is 14.3 Å². The van der Waals surface area contributed by atoms with E-state index >= 15 is 0 Å². The molecule has 7 heteroatoms. The number of benzene rings is 2. The van der Waals surface area contributed by atoms with Gasteiger partial charge in [0.05, 0.1) is 23.8 Å². The van der Waals surface area contributed by atoms with Crippen LogP contribution in [0.2, 0.25) is 5.02 Å². The van der Waals surface area contributed by atoms with E-state index in [2.05, 4.69) is 10.3 Å². The summed E-state index contributed by atoms with van der Waals surface area (Å²) in [5.41, 5.74) is 2.11. The summed E-state index contributed by atoms with van der Waals surface area (Å²) in [6, 6.07) is 12.2. The Hall–Kier alpha value is -3.12. The lowest BCUT2D eigenvalue weighted by molar-refractivity contribution is 0.0522. The predicted octanol–water partition coefficient (Wildman–Crippen LogP) is 4.38. The number of aromatic nitrogens is 2. The first-order valence-corrected chi connectivity index (χ1v) is 9.72. The van der Waals surface area contributed by atoms with Crippen LogP contribution in [0.4, 0.5) is 5.69 Å². The van der Waals surface area contributed by atoms with Gasteiger partial charge in [-0.2, -0.15) is 0 Å². The summed E-state index contributed by atoms with van der Waals surface area (Å²) in [7, 11) is 1.85. The molecule has 4 rings (SSSR count). The molecular weight excluding hydrogens is 390 g/mol. The molecule has 1 aliphatic rings. The first-order valence-electron chi connectivity index (χ1n) is 9.34. The maximum Gasteiger partial charge on any atom is 0.338 e. The SMILES string of the molecule is CCOC(=O)c1cccc2c1C(=O)C(c1nccn1C)C(c1ccc(Cl)cc1)N2. The number of fused-ring (bicyclic) bond motifs is 1. The number of nitrogens with zero attached hydrogens (tertiary/aromatic N) is 2. The Balaban J connectivity index is 1.88. The molecule has 1 N–H and O–H groups in total. The zero-order valence-electron chi connectivity index (χ0n) is 16.1. The number of anilines is 1. The largest absolute Gasteiger partial charge is 0.462 e. The molecule has 3 aromatic rings. The minimum Gasteiger partial charge on any atom is -0.462 e. The number of ketones is 1. The van der Waals surface area contributed by atoms with Gasteiger partial charge >= 0.3 is 5.97 Å². The highest BCUT2D eigenvalue weighted by atomic mass is 35.5. The first-order chi connectivity index (χ1) is 14.0. The molecule has 0 saturated heterocycles. The van der Waals surface area contributed by atoms with Crippen LogP contribution in [0.15, 0.2) is 54.9 Å². The van der Waals surface area contributed by atoms with Gasteiger partial charge in [-0.05, 0) is 36.8 Å². The highest BCUT2D eigenvalue weighted by molar-refractivity contribution is 6.30. The third kappa shape index (κ3) is 3.40. The average molecular weight is 410 g/mol. The molecule has 1 aliphatic heterocycles. The standard InChI is InChI=1S/C22H20ClN3O3/c1-3-29-22(28)15-5-4-6-16-17(15)20(27)18(21-24-11-12-26(21)2)19(25-16)13-7-9-14(23)10-8-13/h4-12,18-19,25H,3H2,1-2H3. The second kappa shape index (κ2) is 7.72. The van der Waals surface area contributed by atoms with E-state index in [1.165, 1.54) is 0 Å². The van der Waals surface area contributed by atoms with Gasteiger partial charge in [0.2, 0.25) is 0 Å². The Bertz CT molecular complexity index is 1080. The lowest BCUT2D eigenvalue weighted by Crippen LogP contribution is -2.34. The summed E-state index contributed by atoms with van der Waals surface area (Å²) in [6.45, 7) is 1.97. The van der Waals surface area contributed by atoms with Gasteiger partial charge in [0.15, 0.2) is 5.78 Å². The summed E-state index contributed by atoms with van der Waals surface area (Å²) in [4.78, 5) is 30.6. The molecule has 0 amide bonds. The Kier molecular flexibility index (Phi) is 5.11. The molecule has 0 fully saturated rings. The number of carbonyl (C=O) groups excluding carboxylic acids is 2. The summed E-state index contributed by atoms with van der Waals surface area (Å²) in [5, 5.41) is 4.06. The number of imidazole rings is 1. The van der Waals surface area contributed by atoms with Gasteiger partial charge < -0.3 is 14.6 Å². The maximum absolute atomic E-state index is 13.7. The van der Waals surface area contributed by atoms with Crippen molar-refractivity contribution in [3.8, 4) is 0 Å². The Labute approximate surface area is 173 Å². The third-order valence-electron chi connectivity index (χ3n) is 5.10. The molecule has 29 heavy (non-hydrogen) atoms. The number of ether oxygens (including phenoxy) is 1. The zero-order valence-corrected chi connectivity index (χ0v) is 16.8. The molecule has 2 aromatic carbocycles. The van der Waals surface area contributed by atoms with E-state index in [9.17, 15) is 9.59 Å². The second-order valence-corrected chi connectivity index (χ2v) is 7.30. The van der Waals surface area contributed by atoms with Gasteiger partial charge in [-0.3, -0.25) is 4.79 Å². The van der Waals surface area contributed by atoms with Crippen LogP contribution in [0.3, 0.4) is 0 Å². The van der Waals surface area contributed by atoms with Crippen molar-refractivity contribution in [2.75, 3.05) is 11.9 Å². The van der Waals surface area contributed by atoms with E-state index in [0.29, 0.717) is 22.1 Å². The number of esters is 1. The molecule has 0 bridgehead atoms. The molecule has 2 unspecified atom stereocenters. The van der Waals surface area contributed by atoms with Gasteiger partial charge in [0, 0.05) is 30.2 Å². The van der Waals surface area contributed by atoms with Gasteiger partial charge in [-0.15, -0.1) is 0 Å². The number of carbonyl (C=O) groups is 2. The second-order valence-electron chi connectivity index (χ2n) is 6.86. The van der Waals surface area contributed by atoms with Gasteiger partial charge in [0.25, 0.3) is 0 Å². The van der Waals surface area contributed by atoms with E-state index in [1.54, 1.807) is 49.6 Å². The normalized spacial score (nSPS) is 18.1. The number of hydrogen-bond acceptors (Lipinski definition) is 5. The van der Waals surface area contributed by atoms with Crippen molar-refractivity contribution in [1.29, 1.82) is 0 Å². The monoisotopic (exact) mass is 409 g/mol. The number of rotatable bonds is 4. The Morgan fingerprint density at radius 2 is 2.00 bits per heavy atom. The molecule has 2 heterocycles. The van der Waals surface area contributed by atoms with Crippen LogP contribution in [0, 0.1) is 0 Å². The van der Waals surface area contributed by atoms with E-state index in [0.717, 1.165) is 5.56 Å². The Morgan fingerprint density at radius 1 is 1.24 bits per heavy atom. The van der Waals surface area contributed by atoms with Crippen LogP contribution in [0.1, 0.15) is 51.0 Å². The summed E-state index contributed by atoms with van der Waals surface area (Å²) >= 11 is 6.05. The minimum absolute atomic E-state index is 0.170. The fourth-order valence-corrected chi connectivity index (χ4v) is 3.89. The van der Waals surface area contributed by atoms with Crippen LogP contribution < -0.4 is 5.32 Å². The van der Waals surface area contributed by atoms with E-state index in [-0.39, 0.29) is 24.0 Å². The zero-order chi connectivity index (χ0) is 20.5. The van der Waals surface area contributed by atoms with E-state index in [4.69, 9.17) is 16.3 Å². The number of hydrogen-bond donors (Lipinski definition) is 1.